The maximum Gasteiger partial charge on any atom is 0.243 e. The van der Waals surface area contributed by atoms with Gasteiger partial charge in [0, 0.05) is 64.2 Å². The van der Waals surface area contributed by atoms with Crippen LogP contribution in [0.3, 0.4) is 0 Å². The minimum Gasteiger partial charge on any atom is -0.378 e. The number of hydrogen-bond donors (Lipinski definition) is 1. The highest BCUT2D eigenvalue weighted by Gasteiger charge is 2.28. The van der Waals surface area contributed by atoms with E-state index in [9.17, 15) is 12.8 Å². The van der Waals surface area contributed by atoms with Gasteiger partial charge in [-0.15, -0.1) is 0 Å². The zero-order chi connectivity index (χ0) is 24.1. The molecule has 1 fully saturated rings. The predicted molar refractivity (Wildman–Crippen MR) is 135 cm³/mol. The molecule has 1 aliphatic heterocycles. The highest BCUT2D eigenvalue weighted by atomic mass is 32.2. The number of anilines is 2. The van der Waals surface area contributed by atoms with Crippen LogP contribution in [0.5, 0.6) is 0 Å². The van der Waals surface area contributed by atoms with Crippen LogP contribution in [0.1, 0.15) is 11.6 Å². The monoisotopic (exact) mass is 482 g/mol. The molecule has 0 spiro atoms. The molecule has 0 saturated carbocycles. The lowest BCUT2D eigenvalue weighted by Crippen LogP contribution is -2.50. The Morgan fingerprint density at radius 3 is 2.12 bits per heavy atom. The van der Waals surface area contributed by atoms with Gasteiger partial charge in [0.15, 0.2) is 0 Å². The van der Waals surface area contributed by atoms with Crippen LogP contribution in [0.25, 0.3) is 0 Å². The van der Waals surface area contributed by atoms with Gasteiger partial charge in [-0.25, -0.2) is 17.5 Å². The molecule has 3 aromatic rings. The fraction of sp³-hybridized carbons (Fsp3) is 0.308. The molecule has 34 heavy (non-hydrogen) atoms. The van der Waals surface area contributed by atoms with E-state index in [4.69, 9.17) is 0 Å². The first-order valence-corrected chi connectivity index (χ1v) is 12.9. The van der Waals surface area contributed by atoms with Gasteiger partial charge in [0.25, 0.3) is 0 Å². The Morgan fingerprint density at radius 2 is 1.50 bits per heavy atom. The lowest BCUT2D eigenvalue weighted by Gasteiger charge is -2.40. The smallest absolute Gasteiger partial charge is 0.243 e. The van der Waals surface area contributed by atoms with E-state index in [0.29, 0.717) is 0 Å². The summed E-state index contributed by atoms with van der Waals surface area (Å²) in [6, 6.07) is 23.7. The van der Waals surface area contributed by atoms with Crippen molar-refractivity contribution >= 4 is 21.4 Å². The Bertz CT molecular complexity index is 1180. The van der Waals surface area contributed by atoms with Crippen LogP contribution in [-0.2, 0) is 10.0 Å². The predicted octanol–water partition coefficient (Wildman–Crippen LogP) is 3.73. The lowest BCUT2D eigenvalue weighted by atomic mass is 10.0. The van der Waals surface area contributed by atoms with Gasteiger partial charge >= 0.3 is 0 Å². The minimum absolute atomic E-state index is 0.156. The summed E-state index contributed by atoms with van der Waals surface area (Å²) < 4.78 is 42.6. The van der Waals surface area contributed by atoms with Crippen molar-refractivity contribution in [3.63, 3.8) is 0 Å². The summed E-state index contributed by atoms with van der Waals surface area (Å²) in [5.41, 5.74) is 3.28. The van der Waals surface area contributed by atoms with Crippen molar-refractivity contribution in [2.75, 3.05) is 56.6 Å². The third-order valence-electron chi connectivity index (χ3n) is 6.26. The second-order valence-electron chi connectivity index (χ2n) is 8.64. The maximum atomic E-state index is 14.2. The van der Waals surface area contributed by atoms with Gasteiger partial charge in [-0.2, -0.15) is 0 Å². The molecular weight excluding hydrogens is 451 g/mol. The number of nitrogens with zero attached hydrogens (tertiary/aromatic N) is 3. The van der Waals surface area contributed by atoms with Gasteiger partial charge in [-0.3, -0.25) is 4.90 Å². The number of rotatable bonds is 8. The zero-order valence-electron chi connectivity index (χ0n) is 19.6. The molecule has 0 aliphatic carbocycles. The summed E-state index contributed by atoms with van der Waals surface area (Å²) in [5.74, 6) is -0.752. The van der Waals surface area contributed by atoms with E-state index in [1.165, 1.54) is 23.9 Å². The van der Waals surface area contributed by atoms with Crippen LogP contribution in [0.4, 0.5) is 15.8 Å². The van der Waals surface area contributed by atoms with E-state index in [2.05, 4.69) is 26.7 Å². The Morgan fingerprint density at radius 1 is 0.882 bits per heavy atom. The van der Waals surface area contributed by atoms with Crippen LogP contribution in [0.15, 0.2) is 83.8 Å². The van der Waals surface area contributed by atoms with Crippen molar-refractivity contribution < 1.29 is 12.8 Å². The second-order valence-corrected chi connectivity index (χ2v) is 10.4. The van der Waals surface area contributed by atoms with Gasteiger partial charge in [0.2, 0.25) is 10.0 Å². The molecule has 0 radical (unpaired) electrons. The van der Waals surface area contributed by atoms with E-state index in [0.717, 1.165) is 43.5 Å². The summed E-state index contributed by atoms with van der Waals surface area (Å²) >= 11 is 0. The number of benzene rings is 3. The normalized spacial score (nSPS) is 15.8. The van der Waals surface area contributed by atoms with E-state index >= 15 is 0 Å². The Balaban J connectivity index is 1.53. The summed E-state index contributed by atoms with van der Waals surface area (Å²) in [4.78, 5) is 6.34. The molecule has 1 aliphatic rings. The van der Waals surface area contributed by atoms with Crippen molar-refractivity contribution in [2.24, 2.45) is 0 Å². The van der Waals surface area contributed by atoms with E-state index in [-0.39, 0.29) is 17.5 Å². The minimum atomic E-state index is -3.98. The fourth-order valence-corrected chi connectivity index (χ4v) is 5.43. The van der Waals surface area contributed by atoms with Crippen LogP contribution in [-0.4, -0.2) is 60.1 Å². The molecule has 3 aromatic carbocycles. The maximum absolute atomic E-state index is 14.2. The molecule has 180 valence electrons. The molecular formula is C26H31FN4O2S. The summed E-state index contributed by atoms with van der Waals surface area (Å²) in [6.07, 6.45) is 0. The number of hydrogen-bond acceptors (Lipinski definition) is 5. The van der Waals surface area contributed by atoms with E-state index in [1.807, 2.05) is 61.5 Å². The van der Waals surface area contributed by atoms with Crippen LogP contribution in [0.2, 0.25) is 0 Å². The number of para-hydroxylation sites is 1. The molecule has 0 aromatic heterocycles. The highest BCUT2D eigenvalue weighted by molar-refractivity contribution is 7.89. The van der Waals surface area contributed by atoms with Gasteiger partial charge in [0.05, 0.1) is 0 Å². The lowest BCUT2D eigenvalue weighted by molar-refractivity contribution is 0.187. The van der Waals surface area contributed by atoms with Crippen LogP contribution in [0, 0.1) is 5.82 Å². The van der Waals surface area contributed by atoms with Crippen molar-refractivity contribution in [2.45, 2.75) is 10.9 Å². The molecule has 0 amide bonds. The average Bonchev–Trinajstić information content (AvgIpc) is 2.85. The third-order valence-corrected chi connectivity index (χ3v) is 7.72. The van der Waals surface area contributed by atoms with Crippen molar-refractivity contribution in [3.05, 3.63) is 90.2 Å². The average molecular weight is 483 g/mol. The van der Waals surface area contributed by atoms with Crippen LogP contribution < -0.4 is 14.5 Å². The molecule has 1 heterocycles. The number of nitrogens with one attached hydrogen (secondary N) is 1. The zero-order valence-corrected chi connectivity index (χ0v) is 20.4. The summed E-state index contributed by atoms with van der Waals surface area (Å²) in [6.45, 7) is 3.42. The molecule has 4 rings (SSSR count). The quantitative estimate of drug-likeness (QED) is 0.530. The first kappa shape index (κ1) is 24.2. The standard InChI is InChI=1S/C26H31FN4O2S/c1-29(2)22-14-12-21(13-15-22)25(20-28-34(32,33)26-11-7-6-10-24(26)27)31-18-16-30(17-19-31)23-8-4-3-5-9-23/h3-15,25,28H,16-20H2,1-2H3/t25-/m0/s1. The molecule has 1 atom stereocenters. The first-order chi connectivity index (χ1) is 16.3. The Hall–Kier alpha value is -2.94. The molecule has 8 heteroatoms. The Kier molecular flexibility index (Phi) is 7.50. The molecule has 0 bridgehead atoms. The topological polar surface area (TPSA) is 55.9 Å². The summed E-state index contributed by atoms with van der Waals surface area (Å²) in [7, 11) is -0.0104. The van der Waals surface area contributed by atoms with Gasteiger partial charge < -0.3 is 9.80 Å². The highest BCUT2D eigenvalue weighted by Crippen LogP contribution is 2.26. The summed E-state index contributed by atoms with van der Waals surface area (Å²) in [5, 5.41) is 0. The number of sulfonamides is 1. The van der Waals surface area contributed by atoms with Crippen molar-refractivity contribution in [1.29, 1.82) is 0 Å². The number of halogens is 1. The van der Waals surface area contributed by atoms with Gasteiger partial charge in [-0.1, -0.05) is 42.5 Å². The number of piperazine rings is 1. The van der Waals surface area contributed by atoms with Crippen molar-refractivity contribution in [3.8, 4) is 0 Å². The first-order valence-electron chi connectivity index (χ1n) is 11.4. The largest absolute Gasteiger partial charge is 0.378 e. The third kappa shape index (κ3) is 5.58. The molecule has 0 unspecified atom stereocenters. The van der Waals surface area contributed by atoms with Crippen LogP contribution >= 0.6 is 0 Å². The van der Waals surface area contributed by atoms with Crippen molar-refractivity contribution in [1.82, 2.24) is 9.62 Å². The molecule has 6 nitrogen and oxygen atoms in total. The fourth-order valence-electron chi connectivity index (χ4n) is 4.31. The van der Waals surface area contributed by atoms with Gasteiger partial charge in [0.1, 0.15) is 10.7 Å². The Labute approximate surface area is 201 Å². The van der Waals surface area contributed by atoms with E-state index < -0.39 is 15.8 Å². The molecule has 1 N–H and O–H groups in total. The second kappa shape index (κ2) is 10.5. The molecule has 1 saturated heterocycles. The van der Waals surface area contributed by atoms with Gasteiger partial charge in [-0.05, 0) is 42.0 Å². The SMILES string of the molecule is CN(C)c1ccc([C@H](CNS(=O)(=O)c2ccccc2F)N2CCN(c3ccccc3)CC2)cc1. The van der Waals surface area contributed by atoms with E-state index in [1.54, 1.807) is 0 Å².